The monoisotopic (exact) mass is 453 g/mol. The van der Waals surface area contributed by atoms with E-state index in [9.17, 15) is 14.0 Å². The maximum Gasteiger partial charge on any atom is 0.266 e. The molecule has 4 aromatic rings. The molecule has 0 radical (unpaired) electrons. The predicted octanol–water partition coefficient (Wildman–Crippen LogP) is 4.65. The fraction of sp³-hybridized carbons (Fsp3) is 0.174. The van der Waals surface area contributed by atoms with Crippen LogP contribution in [-0.4, -0.2) is 33.2 Å². The Balaban J connectivity index is 1.68. The number of hydrogen-bond acceptors (Lipinski definition) is 5. The third kappa shape index (κ3) is 4.55. The highest BCUT2D eigenvalue weighted by molar-refractivity contribution is 7.99. The largest absolute Gasteiger partial charge is 0.340 e. The summed E-state index contributed by atoms with van der Waals surface area (Å²) in [5.74, 6) is -0.371. The van der Waals surface area contributed by atoms with E-state index in [1.807, 2.05) is 17.5 Å². The lowest BCUT2D eigenvalue weighted by Gasteiger charge is -2.17. The second-order valence-electron chi connectivity index (χ2n) is 7.10. The molecule has 0 saturated carbocycles. The van der Waals surface area contributed by atoms with E-state index < -0.39 is 5.82 Å². The van der Waals surface area contributed by atoms with Gasteiger partial charge in [-0.15, -0.1) is 11.3 Å². The number of aromatic nitrogens is 2. The molecule has 0 bridgehead atoms. The Morgan fingerprint density at radius 1 is 1.19 bits per heavy atom. The van der Waals surface area contributed by atoms with E-state index in [4.69, 9.17) is 0 Å². The molecule has 0 fully saturated rings. The number of thioether (sulfide) groups is 1. The number of nitrogens with zero attached hydrogens (tertiary/aromatic N) is 3. The van der Waals surface area contributed by atoms with Crippen LogP contribution in [0.1, 0.15) is 10.4 Å². The minimum atomic E-state index is -0.403. The van der Waals surface area contributed by atoms with Gasteiger partial charge < -0.3 is 4.90 Å². The van der Waals surface area contributed by atoms with Crippen molar-refractivity contribution in [2.75, 3.05) is 12.8 Å². The van der Waals surface area contributed by atoms with E-state index in [0.29, 0.717) is 33.9 Å². The summed E-state index contributed by atoms with van der Waals surface area (Å²) in [6, 6.07) is 15.6. The van der Waals surface area contributed by atoms with Crippen LogP contribution in [0.15, 0.2) is 69.9 Å². The summed E-state index contributed by atoms with van der Waals surface area (Å²) in [5.41, 5.74) is 1.12. The fourth-order valence-electron chi connectivity index (χ4n) is 3.12. The molecule has 0 aliphatic carbocycles. The molecular weight excluding hydrogens is 433 g/mol. The molecule has 1 amide bonds. The molecule has 158 valence electrons. The highest BCUT2D eigenvalue weighted by atomic mass is 32.2. The zero-order chi connectivity index (χ0) is 22.0. The van der Waals surface area contributed by atoms with Crippen molar-refractivity contribution in [3.8, 4) is 5.69 Å². The number of amides is 1. The molecule has 31 heavy (non-hydrogen) atoms. The minimum absolute atomic E-state index is 0.0811. The Hall–Kier alpha value is -2.97. The quantitative estimate of drug-likeness (QED) is 0.315. The first-order valence-electron chi connectivity index (χ1n) is 9.61. The molecule has 0 unspecified atom stereocenters. The van der Waals surface area contributed by atoms with Crippen LogP contribution in [0.4, 0.5) is 4.39 Å². The van der Waals surface area contributed by atoms with Crippen molar-refractivity contribution in [2.24, 2.45) is 0 Å². The van der Waals surface area contributed by atoms with Crippen LogP contribution in [0.2, 0.25) is 0 Å². The van der Waals surface area contributed by atoms with Gasteiger partial charge in [-0.1, -0.05) is 36.0 Å². The van der Waals surface area contributed by atoms with Crippen molar-refractivity contribution in [1.82, 2.24) is 14.5 Å². The van der Waals surface area contributed by atoms with Crippen molar-refractivity contribution in [2.45, 2.75) is 18.6 Å². The van der Waals surface area contributed by atoms with E-state index in [1.165, 1.54) is 22.4 Å². The van der Waals surface area contributed by atoms with Crippen LogP contribution in [0.5, 0.6) is 0 Å². The van der Waals surface area contributed by atoms with Crippen LogP contribution in [0.25, 0.3) is 16.6 Å². The van der Waals surface area contributed by atoms with E-state index in [1.54, 1.807) is 66.6 Å². The minimum Gasteiger partial charge on any atom is -0.340 e. The van der Waals surface area contributed by atoms with Crippen LogP contribution < -0.4 is 5.56 Å². The van der Waals surface area contributed by atoms with Gasteiger partial charge in [0, 0.05) is 11.9 Å². The maximum atomic E-state index is 14.2. The number of thiophene rings is 1. The number of carbonyl (C=O) groups excluding carboxylic acids is 1. The van der Waals surface area contributed by atoms with Crippen molar-refractivity contribution >= 4 is 39.9 Å². The number of fused-ring (bicyclic) bond motifs is 1. The average molecular weight is 454 g/mol. The second kappa shape index (κ2) is 9.03. The molecule has 0 N–H and O–H groups in total. The van der Waals surface area contributed by atoms with Crippen LogP contribution in [0.3, 0.4) is 0 Å². The van der Waals surface area contributed by atoms with E-state index >= 15 is 0 Å². The summed E-state index contributed by atoms with van der Waals surface area (Å²) in [7, 11) is 1.75. The number of carbonyl (C=O) groups is 1. The lowest BCUT2D eigenvalue weighted by Crippen LogP contribution is -2.28. The Labute approximate surface area is 187 Å². The lowest BCUT2D eigenvalue weighted by atomic mass is 10.2. The van der Waals surface area contributed by atoms with Crippen LogP contribution in [0, 0.1) is 12.7 Å². The molecular formula is C23H20FN3O2S2. The lowest BCUT2D eigenvalue weighted by molar-refractivity contribution is -0.127. The van der Waals surface area contributed by atoms with Crippen LogP contribution in [-0.2, 0) is 11.3 Å². The number of benzene rings is 2. The van der Waals surface area contributed by atoms with Gasteiger partial charge in [-0.05, 0) is 48.2 Å². The summed E-state index contributed by atoms with van der Waals surface area (Å²) in [6.45, 7) is 2.19. The molecule has 0 aliphatic heterocycles. The maximum absolute atomic E-state index is 14.2. The smallest absolute Gasteiger partial charge is 0.266 e. The molecule has 5 nitrogen and oxygen atoms in total. The number of halogens is 1. The normalized spacial score (nSPS) is 11.1. The molecule has 2 aromatic carbocycles. The average Bonchev–Trinajstić information content (AvgIpc) is 3.27. The van der Waals surface area contributed by atoms with Gasteiger partial charge in [0.25, 0.3) is 5.56 Å². The molecule has 2 heterocycles. The first-order valence-corrected chi connectivity index (χ1v) is 11.5. The summed E-state index contributed by atoms with van der Waals surface area (Å²) >= 11 is 2.77. The molecule has 0 atom stereocenters. The number of hydrogen-bond donors (Lipinski definition) is 0. The summed E-state index contributed by atoms with van der Waals surface area (Å²) in [6.07, 6.45) is 0. The number of aryl methyl sites for hydroxylation is 1. The van der Waals surface area contributed by atoms with E-state index in [0.717, 1.165) is 4.88 Å². The molecule has 0 spiro atoms. The van der Waals surface area contributed by atoms with E-state index in [-0.39, 0.29) is 17.2 Å². The second-order valence-corrected chi connectivity index (χ2v) is 9.08. The molecule has 4 rings (SSSR count). The van der Waals surface area contributed by atoms with Crippen LogP contribution >= 0.6 is 23.1 Å². The van der Waals surface area contributed by atoms with Gasteiger partial charge >= 0.3 is 0 Å². The topological polar surface area (TPSA) is 55.2 Å². The highest BCUT2D eigenvalue weighted by Gasteiger charge is 2.17. The standard InChI is InChI=1S/C23H20FN3O2S2/c1-15-9-10-16(12-19(15)24)27-22(29)18-7-3-4-8-20(18)25-23(27)31-14-21(28)26(2)13-17-6-5-11-30-17/h3-12H,13-14H2,1-2H3. The molecule has 8 heteroatoms. The van der Waals surface area contributed by atoms with Gasteiger partial charge in [0.15, 0.2) is 5.16 Å². The summed E-state index contributed by atoms with van der Waals surface area (Å²) in [4.78, 5) is 33.2. The van der Waals surface area contributed by atoms with Crippen molar-refractivity contribution in [1.29, 1.82) is 0 Å². The molecule has 0 aliphatic rings. The number of rotatable bonds is 6. The van der Waals surface area contributed by atoms with Gasteiger partial charge in [0.2, 0.25) is 5.91 Å². The Bertz CT molecular complexity index is 1300. The SMILES string of the molecule is Cc1ccc(-n2c(SCC(=O)N(C)Cc3cccs3)nc3ccccc3c2=O)cc1F. The summed E-state index contributed by atoms with van der Waals surface area (Å²) in [5, 5.41) is 2.76. The van der Waals surface area contributed by atoms with Crippen molar-refractivity contribution in [3.05, 3.63) is 86.6 Å². The third-order valence-corrected chi connectivity index (χ3v) is 6.67. The van der Waals surface area contributed by atoms with Gasteiger partial charge in [0.1, 0.15) is 5.82 Å². The third-order valence-electron chi connectivity index (χ3n) is 4.88. The first-order chi connectivity index (χ1) is 14.9. The molecule has 0 saturated heterocycles. The Kier molecular flexibility index (Phi) is 6.20. The zero-order valence-electron chi connectivity index (χ0n) is 17.0. The molecule has 2 aromatic heterocycles. The Morgan fingerprint density at radius 3 is 2.74 bits per heavy atom. The van der Waals surface area contributed by atoms with Crippen molar-refractivity contribution in [3.63, 3.8) is 0 Å². The first kappa shape index (κ1) is 21.3. The van der Waals surface area contributed by atoms with Gasteiger partial charge in [-0.3, -0.25) is 14.2 Å². The van der Waals surface area contributed by atoms with Gasteiger partial charge in [-0.2, -0.15) is 0 Å². The predicted molar refractivity (Wildman–Crippen MR) is 124 cm³/mol. The van der Waals surface area contributed by atoms with Crippen molar-refractivity contribution < 1.29 is 9.18 Å². The highest BCUT2D eigenvalue weighted by Crippen LogP contribution is 2.23. The Morgan fingerprint density at radius 2 is 2.00 bits per heavy atom. The van der Waals surface area contributed by atoms with E-state index in [2.05, 4.69) is 4.98 Å². The zero-order valence-corrected chi connectivity index (χ0v) is 18.7. The number of para-hydroxylation sites is 1. The van der Waals surface area contributed by atoms with Gasteiger partial charge in [0.05, 0.1) is 28.9 Å². The summed E-state index contributed by atoms with van der Waals surface area (Å²) < 4.78 is 15.6. The fourth-order valence-corrected chi connectivity index (χ4v) is 4.83. The van der Waals surface area contributed by atoms with Gasteiger partial charge in [-0.25, -0.2) is 9.37 Å².